The summed E-state index contributed by atoms with van der Waals surface area (Å²) >= 11 is 0. The molecule has 1 fully saturated rings. The van der Waals surface area contributed by atoms with Gasteiger partial charge < -0.3 is 5.73 Å². The average molecular weight is 258 g/mol. The largest absolute Gasteiger partial charge is 0.326 e. The molecule has 1 saturated carbocycles. The van der Waals surface area contributed by atoms with Crippen LogP contribution in [0.1, 0.15) is 25.3 Å². The van der Waals surface area contributed by atoms with Crippen molar-refractivity contribution in [2.75, 3.05) is 6.54 Å². The van der Waals surface area contributed by atoms with Crippen molar-refractivity contribution < 1.29 is 8.42 Å². The van der Waals surface area contributed by atoms with E-state index in [1.165, 1.54) is 19.0 Å². The van der Waals surface area contributed by atoms with E-state index < -0.39 is 10.0 Å². The van der Waals surface area contributed by atoms with Gasteiger partial charge in [0.15, 0.2) is 5.03 Å². The van der Waals surface area contributed by atoms with Gasteiger partial charge in [0.2, 0.25) is 0 Å². The minimum atomic E-state index is -3.51. The Balaban J connectivity index is 2.03. The van der Waals surface area contributed by atoms with E-state index in [2.05, 4.69) is 21.8 Å². The molecule has 1 aromatic rings. The van der Waals surface area contributed by atoms with Crippen LogP contribution in [0.2, 0.25) is 0 Å². The number of nitrogens with two attached hydrogens (primary N) is 1. The fourth-order valence-electron chi connectivity index (χ4n) is 1.82. The summed E-state index contributed by atoms with van der Waals surface area (Å²) in [7, 11) is -3.51. The third-order valence-electron chi connectivity index (χ3n) is 3.19. The van der Waals surface area contributed by atoms with E-state index in [0.29, 0.717) is 23.9 Å². The smallest absolute Gasteiger partial charge is 0.257 e. The lowest BCUT2D eigenvalue weighted by molar-refractivity contribution is 0.490. The summed E-state index contributed by atoms with van der Waals surface area (Å²) < 4.78 is 26.6. The van der Waals surface area contributed by atoms with E-state index in [-0.39, 0.29) is 11.6 Å². The van der Waals surface area contributed by atoms with Crippen molar-refractivity contribution in [3.8, 4) is 0 Å². The normalized spacial score (nSPS) is 18.2. The molecule has 0 amide bonds. The Hall–Kier alpha value is -0.920. The van der Waals surface area contributed by atoms with E-state index in [4.69, 9.17) is 5.73 Å². The summed E-state index contributed by atoms with van der Waals surface area (Å²) in [5.41, 5.74) is 5.96. The zero-order valence-electron chi connectivity index (χ0n) is 9.81. The van der Waals surface area contributed by atoms with Gasteiger partial charge in [-0.2, -0.15) is 5.10 Å². The van der Waals surface area contributed by atoms with Gasteiger partial charge in [-0.25, -0.2) is 13.1 Å². The first kappa shape index (κ1) is 12.5. The standard InChI is InChI=1S/C10H18N4O2S/c1-7(8-2-3-8)5-13-17(15,16)10-9(4-11)6-12-14-10/h6-8,13H,2-5,11H2,1H3,(H,12,14). The second-order valence-corrected chi connectivity index (χ2v) is 6.30. The molecule has 0 aliphatic heterocycles. The number of aromatic amines is 1. The Bertz CT molecular complexity index is 478. The van der Waals surface area contributed by atoms with Gasteiger partial charge in [-0.05, 0) is 24.7 Å². The predicted octanol–water partition coefficient (Wildman–Crippen LogP) is 0.193. The number of hydrogen-bond donors (Lipinski definition) is 3. The zero-order chi connectivity index (χ0) is 12.5. The molecule has 6 nitrogen and oxygen atoms in total. The minimum Gasteiger partial charge on any atom is -0.326 e. The van der Waals surface area contributed by atoms with Crippen molar-refractivity contribution in [3.05, 3.63) is 11.8 Å². The fraction of sp³-hybridized carbons (Fsp3) is 0.700. The monoisotopic (exact) mass is 258 g/mol. The van der Waals surface area contributed by atoms with Crippen LogP contribution >= 0.6 is 0 Å². The maximum Gasteiger partial charge on any atom is 0.257 e. The summed E-state index contributed by atoms with van der Waals surface area (Å²) in [6, 6.07) is 0. The summed E-state index contributed by atoms with van der Waals surface area (Å²) in [4.78, 5) is 0. The molecule has 2 rings (SSSR count). The quantitative estimate of drug-likeness (QED) is 0.678. The van der Waals surface area contributed by atoms with Crippen LogP contribution in [0, 0.1) is 11.8 Å². The minimum absolute atomic E-state index is 0.0861. The summed E-state index contributed by atoms with van der Waals surface area (Å²) in [6.07, 6.45) is 3.86. The van der Waals surface area contributed by atoms with Crippen LogP contribution < -0.4 is 10.5 Å². The van der Waals surface area contributed by atoms with E-state index in [1.54, 1.807) is 0 Å². The molecular formula is C10H18N4O2S. The van der Waals surface area contributed by atoms with Crippen LogP contribution in [0.25, 0.3) is 0 Å². The Kier molecular flexibility index (Phi) is 3.50. The van der Waals surface area contributed by atoms with E-state index in [1.807, 2.05) is 0 Å². The number of aromatic nitrogens is 2. The van der Waals surface area contributed by atoms with Crippen LogP contribution in [0.3, 0.4) is 0 Å². The van der Waals surface area contributed by atoms with Gasteiger partial charge in [0.05, 0.1) is 6.20 Å². The van der Waals surface area contributed by atoms with Crippen molar-refractivity contribution in [2.24, 2.45) is 17.6 Å². The van der Waals surface area contributed by atoms with Crippen LogP contribution in [-0.4, -0.2) is 25.2 Å². The van der Waals surface area contributed by atoms with Crippen molar-refractivity contribution in [3.63, 3.8) is 0 Å². The first-order valence-corrected chi connectivity index (χ1v) is 7.25. The number of H-pyrrole nitrogens is 1. The molecule has 96 valence electrons. The molecule has 1 aromatic heterocycles. The van der Waals surface area contributed by atoms with Gasteiger partial charge in [-0.1, -0.05) is 6.92 Å². The van der Waals surface area contributed by atoms with E-state index >= 15 is 0 Å². The lowest BCUT2D eigenvalue weighted by Gasteiger charge is -2.11. The first-order chi connectivity index (χ1) is 8.04. The Morgan fingerprint density at radius 3 is 2.94 bits per heavy atom. The van der Waals surface area contributed by atoms with Gasteiger partial charge in [0.25, 0.3) is 10.0 Å². The van der Waals surface area contributed by atoms with Crippen LogP contribution in [0.15, 0.2) is 11.2 Å². The van der Waals surface area contributed by atoms with Gasteiger partial charge >= 0.3 is 0 Å². The van der Waals surface area contributed by atoms with Crippen LogP contribution in [-0.2, 0) is 16.6 Å². The molecule has 1 heterocycles. The highest BCUT2D eigenvalue weighted by molar-refractivity contribution is 7.89. The van der Waals surface area contributed by atoms with E-state index in [9.17, 15) is 8.42 Å². The third kappa shape index (κ3) is 2.85. The van der Waals surface area contributed by atoms with Crippen LogP contribution in [0.4, 0.5) is 0 Å². The van der Waals surface area contributed by atoms with Gasteiger partial charge in [-0.15, -0.1) is 0 Å². The SMILES string of the molecule is CC(CNS(=O)(=O)c1[nH]ncc1CN)C1CC1. The molecular weight excluding hydrogens is 240 g/mol. The molecule has 0 saturated heterocycles. The maximum atomic E-state index is 12.0. The van der Waals surface area contributed by atoms with Gasteiger partial charge in [0, 0.05) is 18.7 Å². The molecule has 0 spiro atoms. The number of sulfonamides is 1. The molecule has 4 N–H and O–H groups in total. The third-order valence-corrected chi connectivity index (χ3v) is 4.63. The molecule has 0 aromatic carbocycles. The van der Waals surface area contributed by atoms with Gasteiger partial charge in [0.1, 0.15) is 0 Å². The number of nitrogens with one attached hydrogen (secondary N) is 2. The lowest BCUT2D eigenvalue weighted by Crippen LogP contribution is -2.30. The second kappa shape index (κ2) is 4.75. The molecule has 0 bridgehead atoms. The molecule has 1 unspecified atom stereocenters. The molecule has 7 heteroatoms. The van der Waals surface area contributed by atoms with Crippen molar-refractivity contribution >= 4 is 10.0 Å². The highest BCUT2D eigenvalue weighted by Crippen LogP contribution is 2.36. The maximum absolute atomic E-state index is 12.0. The zero-order valence-corrected chi connectivity index (χ0v) is 10.6. The van der Waals surface area contributed by atoms with Crippen molar-refractivity contribution in [1.29, 1.82) is 0 Å². The van der Waals surface area contributed by atoms with Gasteiger partial charge in [-0.3, -0.25) is 5.10 Å². The lowest BCUT2D eigenvalue weighted by atomic mass is 10.1. The van der Waals surface area contributed by atoms with Crippen molar-refractivity contribution in [2.45, 2.75) is 31.3 Å². The number of nitrogens with zero attached hydrogens (tertiary/aromatic N) is 1. The molecule has 1 aliphatic rings. The van der Waals surface area contributed by atoms with Crippen LogP contribution in [0.5, 0.6) is 0 Å². The van der Waals surface area contributed by atoms with E-state index in [0.717, 1.165) is 0 Å². The summed E-state index contributed by atoms with van der Waals surface area (Å²) in [5.74, 6) is 1.06. The Labute approximate surface area is 101 Å². The second-order valence-electron chi connectivity index (χ2n) is 4.60. The molecule has 1 atom stereocenters. The number of hydrogen-bond acceptors (Lipinski definition) is 4. The molecule has 1 aliphatic carbocycles. The topological polar surface area (TPSA) is 101 Å². The fourth-order valence-corrected chi connectivity index (χ4v) is 3.10. The molecule has 17 heavy (non-hydrogen) atoms. The summed E-state index contributed by atoms with van der Waals surface area (Å²) in [5, 5.41) is 6.28. The number of rotatable bonds is 6. The summed E-state index contributed by atoms with van der Waals surface area (Å²) in [6.45, 7) is 2.69. The Morgan fingerprint density at radius 1 is 1.65 bits per heavy atom. The highest BCUT2D eigenvalue weighted by atomic mass is 32.2. The highest BCUT2D eigenvalue weighted by Gasteiger charge is 2.29. The predicted molar refractivity (Wildman–Crippen MR) is 63.6 cm³/mol. The first-order valence-electron chi connectivity index (χ1n) is 5.76. The Morgan fingerprint density at radius 2 is 2.35 bits per heavy atom. The van der Waals surface area contributed by atoms with Crippen molar-refractivity contribution in [1.82, 2.24) is 14.9 Å². The molecule has 0 radical (unpaired) electrons. The average Bonchev–Trinajstić information content (AvgIpc) is 3.03.